The molecule has 0 aromatic rings. The molecule has 36 valence electrons. The molecule has 0 aromatic heterocycles. The summed E-state index contributed by atoms with van der Waals surface area (Å²) in [5.74, 6) is 0. The predicted octanol–water partition coefficient (Wildman–Crippen LogP) is -0.323. The second-order valence-electron chi connectivity index (χ2n) is 0.631. The highest BCUT2D eigenvalue weighted by molar-refractivity contribution is 4.15. The zero-order valence-corrected chi connectivity index (χ0v) is 3.13. The van der Waals surface area contributed by atoms with Crippen LogP contribution in [0.5, 0.6) is 0 Å². The van der Waals surface area contributed by atoms with E-state index in [-0.39, 0.29) is 13.2 Å². The van der Waals surface area contributed by atoms with Crippen molar-refractivity contribution in [2.75, 3.05) is 13.2 Å². The smallest absolute Gasteiger partial charge is 0.155 e. The zero-order valence-electron chi connectivity index (χ0n) is 3.13. The van der Waals surface area contributed by atoms with Crippen LogP contribution in [0.2, 0.25) is 0 Å². The maximum Gasteiger partial charge on any atom is 0.155 e. The van der Waals surface area contributed by atoms with Gasteiger partial charge in [0.2, 0.25) is 0 Å². The van der Waals surface area contributed by atoms with Gasteiger partial charge in [0.1, 0.15) is 6.61 Å². The normalized spacial score (nSPS) is 7.50. The second kappa shape index (κ2) is 4.36. The van der Waals surface area contributed by atoms with Crippen LogP contribution in [0.4, 0.5) is 0 Å². The van der Waals surface area contributed by atoms with Crippen LogP contribution in [0.15, 0.2) is 5.34 Å². The lowest BCUT2D eigenvalue weighted by molar-refractivity contribution is 0.0952. The van der Waals surface area contributed by atoms with E-state index in [0.29, 0.717) is 0 Å². The second-order valence-corrected chi connectivity index (χ2v) is 0.631. The highest BCUT2D eigenvalue weighted by Crippen LogP contribution is 1.67. The average molecular weight is 91.1 g/mol. The number of aliphatic hydroxyl groups excluding tert-OH is 1. The Bertz CT molecular complexity index is 37.8. The van der Waals surface area contributed by atoms with Crippen molar-refractivity contribution in [2.24, 2.45) is 5.34 Å². The summed E-state index contributed by atoms with van der Waals surface area (Å²) in [5.41, 5.74) is 0. The summed E-state index contributed by atoms with van der Waals surface area (Å²) in [6.07, 6.45) is 0. The molecule has 0 rings (SSSR count). The van der Waals surface area contributed by atoms with Crippen LogP contribution in [0.25, 0.3) is 0 Å². The van der Waals surface area contributed by atoms with Gasteiger partial charge in [-0.25, -0.2) is 0 Å². The highest BCUT2D eigenvalue weighted by Gasteiger charge is 1.74. The van der Waals surface area contributed by atoms with Gasteiger partial charge < -0.3 is 9.94 Å². The summed E-state index contributed by atoms with van der Waals surface area (Å²) in [6.45, 7) is -0.171. The summed E-state index contributed by atoms with van der Waals surface area (Å²) in [7, 11) is 0. The van der Waals surface area contributed by atoms with Gasteiger partial charge in [-0.05, 0) is 0 Å². The van der Waals surface area contributed by atoms with E-state index in [1.165, 1.54) is 0 Å². The largest absolute Gasteiger partial charge is 0.393 e. The van der Waals surface area contributed by atoms with Gasteiger partial charge in [0.25, 0.3) is 0 Å². The van der Waals surface area contributed by atoms with Gasteiger partial charge in [-0.3, -0.25) is 0 Å². The number of aliphatic hydroxyl groups is 1. The van der Waals surface area contributed by atoms with E-state index in [9.17, 15) is 0 Å². The minimum absolute atomic E-state index is 0.0104. The molecule has 0 heterocycles. The van der Waals surface area contributed by atoms with Crippen LogP contribution < -0.4 is 0 Å². The number of hydrogen-bond donors (Lipinski definition) is 1. The van der Waals surface area contributed by atoms with E-state index >= 15 is 0 Å². The van der Waals surface area contributed by atoms with Crippen LogP contribution in [0, 0.1) is 4.91 Å². The van der Waals surface area contributed by atoms with E-state index in [0.717, 1.165) is 0 Å². The molecule has 0 saturated heterocycles. The summed E-state index contributed by atoms with van der Waals surface area (Å²) in [4.78, 5) is 12.8. The molecule has 0 spiro atoms. The molecule has 0 unspecified atom stereocenters. The van der Waals surface area contributed by atoms with Gasteiger partial charge in [0.15, 0.2) is 5.34 Å². The third kappa shape index (κ3) is 3.36. The van der Waals surface area contributed by atoms with Crippen molar-refractivity contribution in [2.45, 2.75) is 0 Å². The first-order chi connectivity index (χ1) is 2.91. The quantitative estimate of drug-likeness (QED) is 0.294. The minimum Gasteiger partial charge on any atom is -0.393 e. The molecule has 0 aliphatic carbocycles. The standard InChI is InChI=1S/C2H5NO3/c4-1-2-6-3-5/h4H,1-2H2. The Hall–Kier alpha value is -0.640. The Balaban J connectivity index is 2.49. The zero-order chi connectivity index (χ0) is 4.83. The molecule has 0 saturated carbocycles. The van der Waals surface area contributed by atoms with Gasteiger partial charge in [-0.15, -0.1) is 4.91 Å². The number of rotatable bonds is 3. The van der Waals surface area contributed by atoms with Crippen molar-refractivity contribution in [3.8, 4) is 0 Å². The van der Waals surface area contributed by atoms with Gasteiger partial charge in [0.05, 0.1) is 6.61 Å². The Labute approximate surface area is 34.7 Å². The first-order valence-corrected chi connectivity index (χ1v) is 1.47. The first-order valence-electron chi connectivity index (χ1n) is 1.47. The number of nitrogens with zero attached hydrogens (tertiary/aromatic N) is 1. The molecule has 0 radical (unpaired) electrons. The fourth-order valence-corrected chi connectivity index (χ4v) is 0.0781. The maximum atomic E-state index is 8.98. The molecule has 0 atom stereocenters. The monoisotopic (exact) mass is 91.0 g/mol. The Morgan fingerprint density at radius 2 is 2.50 bits per heavy atom. The van der Waals surface area contributed by atoms with Crippen LogP contribution in [0.3, 0.4) is 0 Å². The molecule has 0 fully saturated rings. The number of hydrogen-bond acceptors (Lipinski definition) is 4. The molecule has 1 N–H and O–H groups in total. The van der Waals surface area contributed by atoms with Crippen LogP contribution in [0.1, 0.15) is 0 Å². The Kier molecular flexibility index (Phi) is 3.89. The molecule has 0 aliphatic heterocycles. The predicted molar refractivity (Wildman–Crippen MR) is 18.8 cm³/mol. The fourth-order valence-electron chi connectivity index (χ4n) is 0.0781. The highest BCUT2D eigenvalue weighted by atomic mass is 16.7. The van der Waals surface area contributed by atoms with Crippen molar-refractivity contribution in [1.29, 1.82) is 0 Å². The van der Waals surface area contributed by atoms with E-state index in [2.05, 4.69) is 4.84 Å². The molecule has 0 bridgehead atoms. The Morgan fingerprint density at radius 1 is 1.83 bits per heavy atom. The van der Waals surface area contributed by atoms with Crippen molar-refractivity contribution in [1.82, 2.24) is 0 Å². The molecule has 6 heavy (non-hydrogen) atoms. The maximum absolute atomic E-state index is 8.98. The van der Waals surface area contributed by atoms with Crippen molar-refractivity contribution in [3.63, 3.8) is 0 Å². The first kappa shape index (κ1) is 5.36. The third-order valence-electron chi connectivity index (χ3n) is 0.235. The lowest BCUT2D eigenvalue weighted by atomic mass is 10.8. The van der Waals surface area contributed by atoms with Gasteiger partial charge in [-0.2, -0.15) is 0 Å². The van der Waals surface area contributed by atoms with Crippen molar-refractivity contribution in [3.05, 3.63) is 4.91 Å². The van der Waals surface area contributed by atoms with Gasteiger partial charge in [-0.1, -0.05) is 0 Å². The molecular formula is C2H5NO3. The average Bonchev–Trinajstić information content (AvgIpc) is 1.61. The summed E-state index contributed by atoms with van der Waals surface area (Å²) < 4.78 is 0. The molecular weight excluding hydrogens is 86.0 g/mol. The van der Waals surface area contributed by atoms with Crippen LogP contribution in [-0.2, 0) is 4.84 Å². The lowest BCUT2D eigenvalue weighted by Gasteiger charge is -1.83. The van der Waals surface area contributed by atoms with Crippen molar-refractivity contribution < 1.29 is 9.94 Å². The van der Waals surface area contributed by atoms with E-state index in [1.54, 1.807) is 0 Å². The molecule has 0 aliphatic rings. The molecule has 4 nitrogen and oxygen atoms in total. The van der Waals surface area contributed by atoms with Crippen molar-refractivity contribution >= 4 is 0 Å². The molecule has 0 aromatic carbocycles. The minimum atomic E-state index is -0.161. The van der Waals surface area contributed by atoms with E-state index < -0.39 is 0 Å². The summed E-state index contributed by atoms with van der Waals surface area (Å²) in [6, 6.07) is 0. The molecule has 0 amide bonds. The van der Waals surface area contributed by atoms with Crippen LogP contribution in [-0.4, -0.2) is 18.3 Å². The topological polar surface area (TPSA) is 58.9 Å². The molecule has 4 heteroatoms. The van der Waals surface area contributed by atoms with Gasteiger partial charge in [0, 0.05) is 0 Å². The Morgan fingerprint density at radius 3 is 2.67 bits per heavy atom. The van der Waals surface area contributed by atoms with E-state index in [4.69, 9.17) is 10.0 Å². The van der Waals surface area contributed by atoms with Crippen LogP contribution >= 0.6 is 0 Å². The summed E-state index contributed by atoms with van der Waals surface area (Å²) in [5, 5.41) is 9.89. The summed E-state index contributed by atoms with van der Waals surface area (Å²) >= 11 is 0. The SMILES string of the molecule is O=NOCCO. The fraction of sp³-hybridized carbons (Fsp3) is 1.00. The third-order valence-corrected chi connectivity index (χ3v) is 0.235. The van der Waals surface area contributed by atoms with E-state index in [1.807, 2.05) is 5.34 Å². The van der Waals surface area contributed by atoms with Gasteiger partial charge >= 0.3 is 0 Å². The lowest BCUT2D eigenvalue weighted by Crippen LogP contribution is -1.90.